The molecule has 0 fully saturated rings. The molecule has 21 heavy (non-hydrogen) atoms. The van der Waals surface area contributed by atoms with E-state index in [0.29, 0.717) is 12.8 Å². The summed E-state index contributed by atoms with van der Waals surface area (Å²) >= 11 is 0. The Kier molecular flexibility index (Phi) is 40.7. The van der Waals surface area contributed by atoms with Crippen molar-refractivity contribution in [2.75, 3.05) is 7.05 Å². The number of carbonyl (C=O) groups excluding carboxylic acids is 4. The van der Waals surface area contributed by atoms with Crippen molar-refractivity contribution >= 4 is 23.3 Å². The van der Waals surface area contributed by atoms with Crippen molar-refractivity contribution in [3.63, 3.8) is 0 Å². The minimum absolute atomic E-state index is 0. The predicted octanol–water partition coefficient (Wildman–Crippen LogP) is 3.34. The Bertz CT molecular complexity index is 255. The fraction of sp³-hybridized carbons (Fsp3) is 0.750. The van der Waals surface area contributed by atoms with Crippen molar-refractivity contribution in [2.45, 2.75) is 75.2 Å². The first-order valence-corrected chi connectivity index (χ1v) is 6.85. The largest absolute Gasteiger partial charge is 0.359 e. The molecule has 0 rings (SSSR count). The van der Waals surface area contributed by atoms with Crippen LogP contribution in [0.3, 0.4) is 0 Å². The summed E-state index contributed by atoms with van der Waals surface area (Å²) in [6.07, 6.45) is 2.50. The van der Waals surface area contributed by atoms with E-state index in [4.69, 9.17) is 0 Å². The molecule has 1 N–H and O–H groups in total. The molecule has 0 spiro atoms. The standard InChI is InChI=1S/C4H9NO.C4H6O2.C4H8O.C3H8.CH4/c1-3-4(6)5-2;1-3(5)4(2)6;1-3-4(2)5;1-3-2;/h3H2,1-2H3,(H,5,6);1-2H3;3H2,1-2H3;3H2,1-2H3;1H4. The third-order valence-corrected chi connectivity index (χ3v) is 1.59. The van der Waals surface area contributed by atoms with E-state index < -0.39 is 0 Å². The van der Waals surface area contributed by atoms with Crippen molar-refractivity contribution in [3.8, 4) is 0 Å². The maximum absolute atomic E-state index is 10.1. The molecule has 0 heterocycles. The highest BCUT2D eigenvalue weighted by molar-refractivity contribution is 6.35. The SMILES string of the molecule is C.CC(=O)C(C)=O.CCC.CCC(=O)NC.CCC(C)=O. The van der Waals surface area contributed by atoms with Crippen LogP contribution in [0.4, 0.5) is 0 Å². The van der Waals surface area contributed by atoms with Gasteiger partial charge in [0.25, 0.3) is 0 Å². The highest BCUT2D eigenvalue weighted by Crippen LogP contribution is 1.71. The smallest absolute Gasteiger partial charge is 0.219 e. The van der Waals surface area contributed by atoms with E-state index in [1.54, 1.807) is 14.0 Å². The summed E-state index contributed by atoms with van der Waals surface area (Å²) < 4.78 is 0. The molecule has 0 aliphatic heterocycles. The highest BCUT2D eigenvalue weighted by Gasteiger charge is 1.94. The van der Waals surface area contributed by atoms with E-state index in [-0.39, 0.29) is 30.7 Å². The van der Waals surface area contributed by atoms with Crippen LogP contribution in [-0.2, 0) is 19.2 Å². The fourth-order valence-corrected chi connectivity index (χ4v) is 0.177. The maximum Gasteiger partial charge on any atom is 0.219 e. The van der Waals surface area contributed by atoms with Crippen LogP contribution in [0.25, 0.3) is 0 Å². The number of Topliss-reactive ketones (excluding diaryl/α,β-unsaturated/α-hetero) is 3. The number of carbonyl (C=O) groups is 4. The summed E-state index contributed by atoms with van der Waals surface area (Å²) in [5.41, 5.74) is 0. The summed E-state index contributed by atoms with van der Waals surface area (Å²) in [6, 6.07) is 0. The summed E-state index contributed by atoms with van der Waals surface area (Å²) in [7, 11) is 1.63. The zero-order valence-corrected chi connectivity index (χ0v) is 14.3. The lowest BCUT2D eigenvalue weighted by Gasteiger charge is -1.87. The zero-order valence-electron chi connectivity index (χ0n) is 14.3. The van der Waals surface area contributed by atoms with Crippen LogP contribution in [0.5, 0.6) is 0 Å². The van der Waals surface area contributed by atoms with Gasteiger partial charge in [0, 0.05) is 33.7 Å². The van der Waals surface area contributed by atoms with E-state index >= 15 is 0 Å². The molecule has 5 nitrogen and oxygen atoms in total. The summed E-state index contributed by atoms with van der Waals surface area (Å²) in [5, 5.41) is 2.48. The fourth-order valence-electron chi connectivity index (χ4n) is 0.177. The van der Waals surface area contributed by atoms with Crippen LogP contribution in [0.1, 0.15) is 75.2 Å². The Labute approximate surface area is 130 Å². The molecule has 0 atom stereocenters. The Morgan fingerprint density at radius 3 is 1.00 bits per heavy atom. The topological polar surface area (TPSA) is 80.3 Å². The molecule has 0 aromatic heterocycles. The Balaban J connectivity index is -0.0000000548. The van der Waals surface area contributed by atoms with Crippen molar-refractivity contribution in [2.24, 2.45) is 0 Å². The lowest BCUT2D eigenvalue weighted by molar-refractivity contribution is -0.134. The minimum atomic E-state index is -0.380. The number of nitrogens with one attached hydrogen (secondary N) is 1. The molecule has 5 heteroatoms. The van der Waals surface area contributed by atoms with Crippen molar-refractivity contribution in [1.82, 2.24) is 5.32 Å². The van der Waals surface area contributed by atoms with Crippen LogP contribution < -0.4 is 5.32 Å². The molecule has 0 unspecified atom stereocenters. The Morgan fingerprint density at radius 2 is 1.00 bits per heavy atom. The summed E-state index contributed by atoms with van der Waals surface area (Å²) in [5.74, 6) is -0.412. The second-order valence-electron chi connectivity index (χ2n) is 3.90. The zero-order chi connectivity index (χ0) is 17.1. The van der Waals surface area contributed by atoms with E-state index in [2.05, 4.69) is 19.2 Å². The van der Waals surface area contributed by atoms with Crippen molar-refractivity contribution < 1.29 is 19.2 Å². The first kappa shape index (κ1) is 31.7. The monoisotopic (exact) mass is 305 g/mol. The number of amides is 1. The number of hydrogen-bond acceptors (Lipinski definition) is 4. The van der Waals surface area contributed by atoms with E-state index in [1.807, 2.05) is 13.8 Å². The number of ketones is 3. The van der Waals surface area contributed by atoms with Crippen LogP contribution in [0.2, 0.25) is 0 Å². The molecule has 1 amide bonds. The summed E-state index contributed by atoms with van der Waals surface area (Å²) in [6.45, 7) is 12.0. The minimum Gasteiger partial charge on any atom is -0.359 e. The second-order valence-corrected chi connectivity index (χ2v) is 3.90. The molecule has 0 aromatic carbocycles. The third kappa shape index (κ3) is 69.8. The molecule has 0 aromatic rings. The van der Waals surface area contributed by atoms with Gasteiger partial charge >= 0.3 is 0 Å². The lowest BCUT2D eigenvalue weighted by Crippen LogP contribution is -2.15. The lowest BCUT2D eigenvalue weighted by atomic mass is 10.3. The van der Waals surface area contributed by atoms with Gasteiger partial charge in [-0.1, -0.05) is 41.5 Å². The molecule has 0 saturated heterocycles. The maximum atomic E-state index is 10.1. The van der Waals surface area contributed by atoms with Crippen molar-refractivity contribution in [3.05, 3.63) is 0 Å². The van der Waals surface area contributed by atoms with Gasteiger partial charge in [0.2, 0.25) is 5.91 Å². The van der Waals surface area contributed by atoms with Crippen LogP contribution in [-0.4, -0.2) is 30.3 Å². The van der Waals surface area contributed by atoms with Gasteiger partial charge in [-0.3, -0.25) is 14.4 Å². The van der Waals surface area contributed by atoms with Gasteiger partial charge in [0.15, 0.2) is 11.6 Å². The average Bonchev–Trinajstić information content (AvgIpc) is 2.39. The van der Waals surface area contributed by atoms with E-state index in [0.717, 1.165) is 0 Å². The van der Waals surface area contributed by atoms with Gasteiger partial charge in [-0.05, 0) is 6.92 Å². The van der Waals surface area contributed by atoms with Gasteiger partial charge in [-0.15, -0.1) is 0 Å². The molecule has 128 valence electrons. The van der Waals surface area contributed by atoms with Crippen molar-refractivity contribution in [1.29, 1.82) is 0 Å². The second kappa shape index (κ2) is 26.9. The molecule has 0 aliphatic rings. The van der Waals surface area contributed by atoms with Crippen LogP contribution >= 0.6 is 0 Å². The first-order chi connectivity index (χ1) is 9.14. The Morgan fingerprint density at radius 1 is 0.762 bits per heavy atom. The molecule has 0 bridgehead atoms. The molecule has 0 aliphatic carbocycles. The molecule has 0 saturated carbocycles. The Hall–Kier alpha value is -1.52. The first-order valence-electron chi connectivity index (χ1n) is 6.85. The molecular formula is C16H35NO4. The van der Waals surface area contributed by atoms with Crippen LogP contribution in [0.15, 0.2) is 0 Å². The number of rotatable bonds is 3. The van der Waals surface area contributed by atoms with E-state index in [1.165, 1.54) is 20.3 Å². The summed E-state index contributed by atoms with van der Waals surface area (Å²) in [4.78, 5) is 39.5. The van der Waals surface area contributed by atoms with Gasteiger partial charge in [-0.25, -0.2) is 0 Å². The predicted molar refractivity (Wildman–Crippen MR) is 89.4 cm³/mol. The van der Waals surface area contributed by atoms with Gasteiger partial charge in [0.05, 0.1) is 0 Å². The molecule has 0 radical (unpaired) electrons. The number of hydrogen-bond donors (Lipinski definition) is 1. The van der Waals surface area contributed by atoms with E-state index in [9.17, 15) is 19.2 Å². The quantitative estimate of drug-likeness (QED) is 0.811. The van der Waals surface area contributed by atoms with Crippen LogP contribution in [0, 0.1) is 0 Å². The normalized spacial score (nSPS) is 7.05. The average molecular weight is 305 g/mol. The van der Waals surface area contributed by atoms with Gasteiger partial charge in [-0.2, -0.15) is 0 Å². The third-order valence-electron chi connectivity index (χ3n) is 1.59. The molecular weight excluding hydrogens is 270 g/mol. The van der Waals surface area contributed by atoms with Gasteiger partial charge < -0.3 is 10.1 Å². The highest BCUT2D eigenvalue weighted by atomic mass is 16.2. The van der Waals surface area contributed by atoms with Gasteiger partial charge in [0.1, 0.15) is 5.78 Å².